The fourth-order valence-corrected chi connectivity index (χ4v) is 3.43. The zero-order valence-corrected chi connectivity index (χ0v) is 15.7. The lowest BCUT2D eigenvalue weighted by Gasteiger charge is -2.10. The number of halogens is 2. The van der Waals surface area contributed by atoms with Crippen molar-refractivity contribution in [2.24, 2.45) is 0 Å². The molecule has 0 unspecified atom stereocenters. The molecule has 3 aromatic carbocycles. The molecule has 1 amide bonds. The second-order valence-electron chi connectivity index (χ2n) is 5.88. The Labute approximate surface area is 166 Å². The molecule has 0 fully saturated rings. The van der Waals surface area contributed by atoms with Crippen molar-refractivity contribution in [1.82, 2.24) is 0 Å². The number of benzene rings is 3. The topological polar surface area (TPSA) is 84.5 Å². The monoisotopic (exact) mass is 418 g/mol. The summed E-state index contributed by atoms with van der Waals surface area (Å²) in [6, 6.07) is 16.3. The van der Waals surface area contributed by atoms with Crippen LogP contribution < -0.4 is 14.8 Å². The van der Waals surface area contributed by atoms with Crippen molar-refractivity contribution in [1.29, 1.82) is 0 Å². The van der Waals surface area contributed by atoms with E-state index in [1.165, 1.54) is 60.7 Å². The van der Waals surface area contributed by atoms with Gasteiger partial charge >= 0.3 is 0 Å². The molecule has 29 heavy (non-hydrogen) atoms. The van der Waals surface area contributed by atoms with Gasteiger partial charge in [0.25, 0.3) is 15.9 Å². The Morgan fingerprint density at radius 1 is 0.862 bits per heavy atom. The van der Waals surface area contributed by atoms with Crippen LogP contribution in [0, 0.1) is 11.6 Å². The minimum atomic E-state index is -4.00. The predicted octanol–water partition coefficient (Wildman–Crippen LogP) is 3.78. The van der Waals surface area contributed by atoms with Crippen molar-refractivity contribution in [2.45, 2.75) is 4.90 Å². The van der Waals surface area contributed by atoms with Gasteiger partial charge in [-0.05, 0) is 48.5 Å². The first-order valence-electron chi connectivity index (χ1n) is 8.40. The van der Waals surface area contributed by atoms with E-state index >= 15 is 0 Å². The summed E-state index contributed by atoms with van der Waals surface area (Å²) in [7, 11) is -4.00. The molecule has 0 aliphatic carbocycles. The number of nitrogens with one attached hydrogen (secondary N) is 2. The van der Waals surface area contributed by atoms with Gasteiger partial charge in [-0.2, -0.15) is 0 Å². The number of para-hydroxylation sites is 2. The van der Waals surface area contributed by atoms with Gasteiger partial charge in [0.15, 0.2) is 18.2 Å². The van der Waals surface area contributed by atoms with Gasteiger partial charge in [0.05, 0.1) is 10.6 Å². The van der Waals surface area contributed by atoms with Gasteiger partial charge in [0.2, 0.25) is 0 Å². The second-order valence-corrected chi connectivity index (χ2v) is 7.56. The van der Waals surface area contributed by atoms with E-state index in [2.05, 4.69) is 10.0 Å². The highest BCUT2D eigenvalue weighted by Crippen LogP contribution is 2.20. The molecule has 0 spiro atoms. The van der Waals surface area contributed by atoms with Crippen LogP contribution in [0.5, 0.6) is 5.75 Å². The van der Waals surface area contributed by atoms with E-state index in [1.54, 1.807) is 6.07 Å². The number of carbonyl (C=O) groups is 1. The van der Waals surface area contributed by atoms with E-state index in [9.17, 15) is 22.0 Å². The van der Waals surface area contributed by atoms with Gasteiger partial charge in [-0.1, -0.05) is 24.3 Å². The standard InChI is InChI=1S/C20H16F2N2O4S/c21-16-5-1-3-7-18(16)24-29(26,27)15-11-9-14(10-12-15)23-20(25)13-28-19-8-4-2-6-17(19)22/h1-12,24H,13H2,(H,23,25). The smallest absolute Gasteiger partial charge is 0.262 e. The molecular formula is C20H16F2N2O4S. The Bertz CT molecular complexity index is 1120. The predicted molar refractivity (Wildman–Crippen MR) is 104 cm³/mol. The number of sulfonamides is 1. The van der Waals surface area contributed by atoms with Crippen LogP contribution in [-0.4, -0.2) is 20.9 Å². The minimum absolute atomic E-state index is 0.0525. The average molecular weight is 418 g/mol. The highest BCUT2D eigenvalue weighted by atomic mass is 32.2. The zero-order valence-electron chi connectivity index (χ0n) is 14.9. The lowest BCUT2D eigenvalue weighted by molar-refractivity contribution is -0.118. The number of hydrogen-bond donors (Lipinski definition) is 2. The molecule has 0 bridgehead atoms. The van der Waals surface area contributed by atoms with E-state index < -0.39 is 34.2 Å². The third-order valence-electron chi connectivity index (χ3n) is 3.76. The van der Waals surface area contributed by atoms with Gasteiger partial charge in [-0.3, -0.25) is 9.52 Å². The van der Waals surface area contributed by atoms with Gasteiger partial charge < -0.3 is 10.1 Å². The van der Waals surface area contributed by atoms with Gasteiger partial charge in [-0.25, -0.2) is 17.2 Å². The molecule has 0 aliphatic heterocycles. The molecule has 9 heteroatoms. The quantitative estimate of drug-likeness (QED) is 0.612. The van der Waals surface area contributed by atoms with Crippen LogP contribution in [-0.2, 0) is 14.8 Å². The van der Waals surface area contributed by atoms with Crippen molar-refractivity contribution in [2.75, 3.05) is 16.6 Å². The molecular weight excluding hydrogens is 402 g/mol. The summed E-state index contributed by atoms with van der Waals surface area (Å²) in [5, 5.41) is 2.51. The molecule has 0 heterocycles. The summed E-state index contributed by atoms with van der Waals surface area (Å²) < 4.78 is 59.1. The summed E-state index contributed by atoms with van der Waals surface area (Å²) in [6.45, 7) is -0.421. The number of carbonyl (C=O) groups excluding carboxylic acids is 1. The van der Waals surface area contributed by atoms with Crippen molar-refractivity contribution >= 4 is 27.3 Å². The maximum absolute atomic E-state index is 13.7. The Morgan fingerprint density at radius 3 is 2.14 bits per heavy atom. The second kappa shape index (κ2) is 8.70. The van der Waals surface area contributed by atoms with E-state index in [-0.39, 0.29) is 16.3 Å². The van der Waals surface area contributed by atoms with Crippen LogP contribution in [0.4, 0.5) is 20.2 Å². The molecule has 0 saturated heterocycles. The van der Waals surface area contributed by atoms with Crippen LogP contribution in [0.25, 0.3) is 0 Å². The number of amides is 1. The largest absolute Gasteiger partial charge is 0.481 e. The SMILES string of the molecule is O=C(COc1ccccc1F)Nc1ccc(S(=O)(=O)Nc2ccccc2F)cc1. The van der Waals surface area contributed by atoms with Crippen molar-refractivity contribution in [3.63, 3.8) is 0 Å². The Morgan fingerprint density at radius 2 is 1.48 bits per heavy atom. The summed E-state index contributed by atoms with van der Waals surface area (Å²) in [5.41, 5.74) is 0.146. The van der Waals surface area contributed by atoms with Gasteiger partial charge in [0.1, 0.15) is 5.82 Å². The van der Waals surface area contributed by atoms with Crippen LogP contribution in [0.3, 0.4) is 0 Å². The van der Waals surface area contributed by atoms with Crippen molar-refractivity contribution < 1.29 is 26.7 Å². The van der Waals surface area contributed by atoms with E-state index in [4.69, 9.17) is 4.74 Å². The van der Waals surface area contributed by atoms with Gasteiger partial charge in [-0.15, -0.1) is 0 Å². The van der Waals surface area contributed by atoms with Crippen molar-refractivity contribution in [3.8, 4) is 5.75 Å². The van der Waals surface area contributed by atoms with E-state index in [1.807, 2.05) is 0 Å². The molecule has 0 aliphatic rings. The number of rotatable bonds is 7. The first-order chi connectivity index (χ1) is 13.8. The first-order valence-corrected chi connectivity index (χ1v) is 9.88. The molecule has 0 radical (unpaired) electrons. The average Bonchev–Trinajstić information content (AvgIpc) is 2.69. The normalized spacial score (nSPS) is 11.0. The zero-order chi connectivity index (χ0) is 20.9. The fraction of sp³-hybridized carbons (Fsp3) is 0.0500. The summed E-state index contributed by atoms with van der Waals surface area (Å²) in [6.07, 6.45) is 0. The molecule has 150 valence electrons. The van der Waals surface area contributed by atoms with Crippen LogP contribution in [0.1, 0.15) is 0 Å². The molecule has 6 nitrogen and oxygen atoms in total. The highest BCUT2D eigenvalue weighted by Gasteiger charge is 2.16. The number of anilines is 2. The highest BCUT2D eigenvalue weighted by molar-refractivity contribution is 7.92. The summed E-state index contributed by atoms with van der Waals surface area (Å²) in [5.74, 6) is -1.89. The lowest BCUT2D eigenvalue weighted by atomic mass is 10.3. The lowest BCUT2D eigenvalue weighted by Crippen LogP contribution is -2.20. The molecule has 3 aromatic rings. The first kappa shape index (κ1) is 20.3. The van der Waals surface area contributed by atoms with E-state index in [0.29, 0.717) is 5.69 Å². The number of ether oxygens (including phenoxy) is 1. The molecule has 2 N–H and O–H groups in total. The van der Waals surface area contributed by atoms with Crippen molar-refractivity contribution in [3.05, 3.63) is 84.4 Å². The van der Waals surface area contributed by atoms with Crippen LogP contribution >= 0.6 is 0 Å². The fourth-order valence-electron chi connectivity index (χ4n) is 2.37. The number of hydrogen-bond acceptors (Lipinski definition) is 4. The molecule has 0 atom stereocenters. The summed E-state index contributed by atoms with van der Waals surface area (Å²) in [4.78, 5) is 11.8. The molecule has 0 saturated carbocycles. The summed E-state index contributed by atoms with van der Waals surface area (Å²) >= 11 is 0. The Kier molecular flexibility index (Phi) is 6.08. The Balaban J connectivity index is 1.61. The molecule has 0 aromatic heterocycles. The Hall–Kier alpha value is -3.46. The van der Waals surface area contributed by atoms with Crippen LogP contribution in [0.2, 0.25) is 0 Å². The van der Waals surface area contributed by atoms with Gasteiger partial charge in [0, 0.05) is 5.69 Å². The third kappa shape index (κ3) is 5.29. The third-order valence-corrected chi connectivity index (χ3v) is 5.14. The van der Waals surface area contributed by atoms with Crippen LogP contribution in [0.15, 0.2) is 77.7 Å². The minimum Gasteiger partial charge on any atom is -0.481 e. The maximum Gasteiger partial charge on any atom is 0.262 e. The maximum atomic E-state index is 13.7. The molecule has 3 rings (SSSR count). The van der Waals surface area contributed by atoms with E-state index in [0.717, 1.165) is 6.07 Å².